The van der Waals surface area contributed by atoms with E-state index in [1.54, 1.807) is 13.8 Å². The molecule has 3 nitrogen and oxygen atoms in total. The first kappa shape index (κ1) is 15.3. The van der Waals surface area contributed by atoms with Crippen LogP contribution in [0.3, 0.4) is 0 Å². The van der Waals surface area contributed by atoms with Gasteiger partial charge in [-0.05, 0) is 74.5 Å². The number of rotatable bonds is 4. The van der Waals surface area contributed by atoms with Gasteiger partial charge < -0.3 is 10.4 Å². The second kappa shape index (κ2) is 4.47. The number of carbonyl (C=O) groups is 1. The van der Waals surface area contributed by atoms with E-state index in [1.165, 1.54) is 38.5 Å². The lowest BCUT2D eigenvalue weighted by Gasteiger charge is -2.65. The summed E-state index contributed by atoms with van der Waals surface area (Å²) in [4.78, 5) is 12.4. The van der Waals surface area contributed by atoms with E-state index in [0.717, 1.165) is 5.92 Å². The van der Waals surface area contributed by atoms with Gasteiger partial charge in [-0.15, -0.1) is 0 Å². The van der Waals surface area contributed by atoms with Crippen LogP contribution in [0.4, 0.5) is 0 Å². The summed E-state index contributed by atoms with van der Waals surface area (Å²) in [7, 11) is 0. The molecule has 0 heterocycles. The minimum absolute atomic E-state index is 0.131. The Balaban J connectivity index is 1.69. The molecule has 3 heteroatoms. The molecule has 0 spiro atoms. The molecule has 4 saturated carbocycles. The van der Waals surface area contributed by atoms with E-state index >= 15 is 0 Å². The number of aliphatic hydroxyl groups is 1. The number of hydrogen-bond donors (Lipinski definition) is 2. The molecular formula is C18H31NO2. The van der Waals surface area contributed by atoms with Gasteiger partial charge in [-0.2, -0.15) is 0 Å². The van der Waals surface area contributed by atoms with Crippen molar-refractivity contribution >= 4 is 5.91 Å². The highest BCUT2D eigenvalue weighted by Crippen LogP contribution is 2.70. The Bertz CT molecular complexity index is 433. The lowest BCUT2D eigenvalue weighted by Crippen LogP contribution is -2.56. The molecule has 4 bridgehead atoms. The number of hydrogen-bond acceptors (Lipinski definition) is 2. The van der Waals surface area contributed by atoms with E-state index in [4.69, 9.17) is 0 Å². The van der Waals surface area contributed by atoms with E-state index in [9.17, 15) is 9.90 Å². The lowest BCUT2D eigenvalue weighted by molar-refractivity contribution is -0.156. The van der Waals surface area contributed by atoms with Crippen LogP contribution < -0.4 is 5.32 Å². The highest BCUT2D eigenvalue weighted by atomic mass is 16.3. The first-order valence-electron chi connectivity index (χ1n) is 8.50. The number of carbonyl (C=O) groups excluding carboxylic acids is 1. The second-order valence-electron chi connectivity index (χ2n) is 9.90. The smallest absolute Gasteiger partial charge is 0.220 e. The molecule has 4 aliphatic rings. The fraction of sp³-hybridized carbons (Fsp3) is 0.944. The molecule has 0 saturated heterocycles. The molecule has 1 amide bonds. The lowest BCUT2D eigenvalue weighted by atomic mass is 9.40. The van der Waals surface area contributed by atoms with Crippen molar-refractivity contribution in [2.45, 2.75) is 78.2 Å². The summed E-state index contributed by atoms with van der Waals surface area (Å²) in [5.74, 6) is 0.963. The summed E-state index contributed by atoms with van der Waals surface area (Å²) >= 11 is 0. The maximum atomic E-state index is 12.4. The minimum Gasteiger partial charge on any atom is -0.389 e. The zero-order valence-corrected chi connectivity index (χ0v) is 14.1. The van der Waals surface area contributed by atoms with Crippen LogP contribution in [0.15, 0.2) is 0 Å². The molecule has 0 aliphatic heterocycles. The molecule has 0 aromatic rings. The van der Waals surface area contributed by atoms with Gasteiger partial charge in [-0.1, -0.05) is 13.8 Å². The van der Waals surface area contributed by atoms with Crippen molar-refractivity contribution in [2.75, 3.05) is 6.54 Å². The average molecular weight is 293 g/mol. The van der Waals surface area contributed by atoms with Crippen LogP contribution in [0.1, 0.15) is 72.6 Å². The summed E-state index contributed by atoms with van der Waals surface area (Å²) in [6.45, 7) is 8.71. The standard InChI is InChI=1S/C18H31NO2/c1-15(2,21)12-19-14(20)8-18-7-13-5-16(3,10-18)9-17(4,6-13)11-18/h13,21H,5-12H2,1-4H3,(H,19,20). The van der Waals surface area contributed by atoms with Crippen molar-refractivity contribution in [3.8, 4) is 0 Å². The first-order chi connectivity index (χ1) is 9.51. The van der Waals surface area contributed by atoms with Gasteiger partial charge in [0.15, 0.2) is 0 Å². The SMILES string of the molecule is CC(C)(O)CNC(=O)CC12CC3CC(C)(CC(C)(C3)C1)C2. The maximum absolute atomic E-state index is 12.4. The monoisotopic (exact) mass is 293 g/mol. The predicted octanol–water partition coefficient (Wildman–Crippen LogP) is 3.26. The van der Waals surface area contributed by atoms with Gasteiger partial charge in [0, 0.05) is 13.0 Å². The molecule has 2 atom stereocenters. The van der Waals surface area contributed by atoms with E-state index in [-0.39, 0.29) is 11.3 Å². The minimum atomic E-state index is -0.824. The average Bonchev–Trinajstić information content (AvgIpc) is 2.19. The molecule has 120 valence electrons. The maximum Gasteiger partial charge on any atom is 0.220 e. The molecule has 21 heavy (non-hydrogen) atoms. The van der Waals surface area contributed by atoms with E-state index in [2.05, 4.69) is 19.2 Å². The van der Waals surface area contributed by atoms with Gasteiger partial charge in [-0.3, -0.25) is 4.79 Å². The van der Waals surface area contributed by atoms with Gasteiger partial charge in [-0.25, -0.2) is 0 Å². The number of nitrogens with one attached hydrogen (secondary N) is 1. The van der Waals surface area contributed by atoms with Gasteiger partial charge in [0.1, 0.15) is 0 Å². The second-order valence-corrected chi connectivity index (χ2v) is 9.90. The Hall–Kier alpha value is -0.570. The van der Waals surface area contributed by atoms with Gasteiger partial charge >= 0.3 is 0 Å². The fourth-order valence-corrected chi connectivity index (χ4v) is 6.60. The van der Waals surface area contributed by atoms with Crippen LogP contribution in [0, 0.1) is 22.2 Å². The highest BCUT2D eigenvalue weighted by Gasteiger charge is 2.60. The molecule has 4 fully saturated rings. The molecule has 0 aromatic carbocycles. The Kier molecular flexibility index (Phi) is 3.26. The third-order valence-electron chi connectivity index (χ3n) is 6.00. The third-order valence-corrected chi connectivity index (χ3v) is 6.00. The molecule has 4 aliphatic carbocycles. The Morgan fingerprint density at radius 2 is 1.71 bits per heavy atom. The fourth-order valence-electron chi connectivity index (χ4n) is 6.60. The summed E-state index contributed by atoms with van der Waals surface area (Å²) in [5, 5.41) is 12.7. The van der Waals surface area contributed by atoms with Crippen LogP contribution in [-0.2, 0) is 4.79 Å². The van der Waals surface area contributed by atoms with Crippen molar-refractivity contribution in [1.82, 2.24) is 5.32 Å². The van der Waals surface area contributed by atoms with Crippen molar-refractivity contribution in [3.63, 3.8) is 0 Å². The van der Waals surface area contributed by atoms with Crippen LogP contribution in [0.5, 0.6) is 0 Å². The Labute approximate surface area is 128 Å². The van der Waals surface area contributed by atoms with Crippen molar-refractivity contribution in [3.05, 3.63) is 0 Å². The molecule has 2 unspecified atom stereocenters. The van der Waals surface area contributed by atoms with Gasteiger partial charge in [0.05, 0.1) is 5.60 Å². The van der Waals surface area contributed by atoms with E-state index in [1.807, 2.05) is 0 Å². The zero-order chi connectivity index (χ0) is 15.5. The van der Waals surface area contributed by atoms with Crippen LogP contribution in [0.25, 0.3) is 0 Å². The molecule has 2 N–H and O–H groups in total. The third kappa shape index (κ3) is 3.13. The molecule has 0 aromatic heterocycles. The summed E-state index contributed by atoms with van der Waals surface area (Å²) in [6, 6.07) is 0. The topological polar surface area (TPSA) is 49.3 Å². The van der Waals surface area contributed by atoms with Crippen LogP contribution in [0.2, 0.25) is 0 Å². The highest BCUT2D eigenvalue weighted by molar-refractivity contribution is 5.76. The molecule has 0 radical (unpaired) electrons. The zero-order valence-electron chi connectivity index (χ0n) is 14.1. The summed E-state index contributed by atoms with van der Waals surface area (Å²) in [5.41, 5.74) is 0.330. The van der Waals surface area contributed by atoms with Crippen molar-refractivity contribution in [1.29, 1.82) is 0 Å². The largest absolute Gasteiger partial charge is 0.389 e. The molecule has 4 rings (SSSR count). The number of amides is 1. The van der Waals surface area contributed by atoms with Gasteiger partial charge in [0.2, 0.25) is 5.91 Å². The molecular weight excluding hydrogens is 262 g/mol. The summed E-state index contributed by atoms with van der Waals surface area (Å²) in [6.07, 6.45) is 8.44. The summed E-state index contributed by atoms with van der Waals surface area (Å²) < 4.78 is 0. The van der Waals surface area contributed by atoms with Crippen molar-refractivity contribution < 1.29 is 9.90 Å². The quantitative estimate of drug-likeness (QED) is 0.836. The first-order valence-corrected chi connectivity index (χ1v) is 8.50. The van der Waals surface area contributed by atoms with Gasteiger partial charge in [0.25, 0.3) is 0 Å². The Morgan fingerprint density at radius 1 is 1.14 bits per heavy atom. The van der Waals surface area contributed by atoms with Crippen molar-refractivity contribution in [2.24, 2.45) is 22.2 Å². The van der Waals surface area contributed by atoms with E-state index in [0.29, 0.717) is 23.8 Å². The Morgan fingerprint density at radius 3 is 2.19 bits per heavy atom. The van der Waals surface area contributed by atoms with Crippen LogP contribution in [-0.4, -0.2) is 23.2 Å². The predicted molar refractivity (Wildman–Crippen MR) is 83.8 cm³/mol. The van der Waals surface area contributed by atoms with Crippen LogP contribution >= 0.6 is 0 Å². The van der Waals surface area contributed by atoms with E-state index < -0.39 is 5.60 Å². The normalized spacial score (nSPS) is 44.9.